The van der Waals surface area contributed by atoms with Crippen LogP contribution in [-0.2, 0) is 17.8 Å². The van der Waals surface area contributed by atoms with Gasteiger partial charge < -0.3 is 14.2 Å². The van der Waals surface area contributed by atoms with Crippen molar-refractivity contribution in [3.8, 4) is 17.1 Å². The molecule has 2 aliphatic rings. The lowest BCUT2D eigenvalue weighted by Crippen LogP contribution is -2.48. The van der Waals surface area contributed by atoms with E-state index in [-0.39, 0.29) is 5.91 Å². The first-order valence-electron chi connectivity index (χ1n) is 11.2. The second-order valence-corrected chi connectivity index (χ2v) is 8.54. The van der Waals surface area contributed by atoms with Gasteiger partial charge in [0, 0.05) is 38.2 Å². The van der Waals surface area contributed by atoms with Crippen molar-refractivity contribution in [1.29, 1.82) is 0 Å². The number of nitrogens with zero attached hydrogens (tertiary/aromatic N) is 4. The Morgan fingerprint density at radius 1 is 1.09 bits per heavy atom. The van der Waals surface area contributed by atoms with E-state index in [2.05, 4.69) is 39.3 Å². The summed E-state index contributed by atoms with van der Waals surface area (Å²) in [5.74, 6) is 2.60. The van der Waals surface area contributed by atoms with Crippen molar-refractivity contribution in [1.82, 2.24) is 19.9 Å². The summed E-state index contributed by atoms with van der Waals surface area (Å²) in [7, 11) is 1.64. The molecule has 0 saturated carbocycles. The van der Waals surface area contributed by atoms with Gasteiger partial charge in [-0.3, -0.25) is 9.69 Å². The molecule has 1 aliphatic carbocycles. The zero-order valence-electron chi connectivity index (χ0n) is 18.4. The first kappa shape index (κ1) is 20.7. The molecule has 1 atom stereocenters. The zero-order valence-corrected chi connectivity index (χ0v) is 18.4. The SMILES string of the molecule is COc1ccc(-c2noc(CN3CCN(C(=O)CC4CCc5ccccc54)CC3)n2)cc1. The lowest BCUT2D eigenvalue weighted by Gasteiger charge is -2.34. The number of carbonyl (C=O) groups excluding carboxylic acids is 1. The first-order valence-corrected chi connectivity index (χ1v) is 11.2. The Balaban J connectivity index is 1.12. The monoisotopic (exact) mass is 432 g/mol. The van der Waals surface area contributed by atoms with Crippen LogP contribution in [0.15, 0.2) is 53.1 Å². The van der Waals surface area contributed by atoms with Crippen molar-refractivity contribution in [2.75, 3.05) is 33.3 Å². The minimum atomic E-state index is 0.269. The number of hydrogen-bond acceptors (Lipinski definition) is 6. The molecule has 0 bridgehead atoms. The summed E-state index contributed by atoms with van der Waals surface area (Å²) in [6.07, 6.45) is 2.79. The largest absolute Gasteiger partial charge is 0.497 e. The number of methoxy groups -OCH3 is 1. The van der Waals surface area contributed by atoms with Crippen LogP contribution in [0.3, 0.4) is 0 Å². The summed E-state index contributed by atoms with van der Waals surface area (Å²) in [6.45, 7) is 3.71. The minimum absolute atomic E-state index is 0.269. The molecule has 1 unspecified atom stereocenters. The number of ether oxygens (including phenoxy) is 1. The van der Waals surface area contributed by atoms with Gasteiger partial charge >= 0.3 is 0 Å². The fourth-order valence-corrected chi connectivity index (χ4v) is 4.72. The molecule has 2 aromatic carbocycles. The highest BCUT2D eigenvalue weighted by atomic mass is 16.5. The lowest BCUT2D eigenvalue weighted by atomic mass is 9.97. The van der Waals surface area contributed by atoms with Gasteiger partial charge in [0.1, 0.15) is 5.75 Å². The van der Waals surface area contributed by atoms with Crippen LogP contribution in [0, 0.1) is 0 Å². The smallest absolute Gasteiger partial charge is 0.241 e. The number of carbonyl (C=O) groups is 1. The van der Waals surface area contributed by atoms with Crippen LogP contribution in [0.1, 0.15) is 35.8 Å². The van der Waals surface area contributed by atoms with Gasteiger partial charge in [0.05, 0.1) is 13.7 Å². The number of hydrogen-bond donors (Lipinski definition) is 0. The third kappa shape index (κ3) is 4.39. The van der Waals surface area contributed by atoms with E-state index >= 15 is 0 Å². The quantitative estimate of drug-likeness (QED) is 0.594. The van der Waals surface area contributed by atoms with E-state index in [9.17, 15) is 4.79 Å². The number of aromatic nitrogens is 2. The predicted molar refractivity (Wildman–Crippen MR) is 120 cm³/mol. The van der Waals surface area contributed by atoms with Gasteiger partial charge in [-0.25, -0.2) is 0 Å². The van der Waals surface area contributed by atoms with Crippen molar-refractivity contribution in [3.63, 3.8) is 0 Å². The fraction of sp³-hybridized carbons (Fsp3) is 0.400. The van der Waals surface area contributed by atoms with E-state index in [1.165, 1.54) is 11.1 Å². The van der Waals surface area contributed by atoms with Crippen molar-refractivity contribution in [2.24, 2.45) is 0 Å². The van der Waals surface area contributed by atoms with Gasteiger partial charge in [-0.2, -0.15) is 4.98 Å². The van der Waals surface area contributed by atoms with Gasteiger partial charge in [0.15, 0.2) is 0 Å². The Kier molecular flexibility index (Phi) is 5.90. The predicted octanol–water partition coefficient (Wildman–Crippen LogP) is 3.51. The molecule has 1 amide bonds. The number of rotatable bonds is 6. The van der Waals surface area contributed by atoms with E-state index in [1.807, 2.05) is 29.2 Å². The normalized spacial score (nSPS) is 18.5. The average Bonchev–Trinajstić information content (AvgIpc) is 3.47. The van der Waals surface area contributed by atoms with Crippen LogP contribution in [0.2, 0.25) is 0 Å². The van der Waals surface area contributed by atoms with E-state index in [4.69, 9.17) is 9.26 Å². The standard InChI is InChI=1S/C25H28N4O3/c1-31-21-10-8-19(9-11-21)25-26-23(32-27-25)17-28-12-14-29(15-13-28)24(30)16-20-7-6-18-4-2-3-5-22(18)20/h2-5,8-11,20H,6-7,12-17H2,1H3. The average molecular weight is 433 g/mol. The van der Waals surface area contributed by atoms with Gasteiger partial charge in [-0.05, 0) is 54.2 Å². The molecule has 0 N–H and O–H groups in total. The molecular weight excluding hydrogens is 404 g/mol. The molecular formula is C25H28N4O3. The number of piperazine rings is 1. The van der Waals surface area contributed by atoms with Crippen molar-refractivity contribution < 1.29 is 14.1 Å². The molecule has 1 saturated heterocycles. The number of aryl methyl sites for hydroxylation is 1. The lowest BCUT2D eigenvalue weighted by molar-refractivity contribution is -0.133. The number of fused-ring (bicyclic) bond motifs is 1. The van der Waals surface area contributed by atoms with Crippen molar-refractivity contribution in [2.45, 2.75) is 31.7 Å². The summed E-state index contributed by atoms with van der Waals surface area (Å²) >= 11 is 0. The molecule has 5 rings (SSSR count). The summed E-state index contributed by atoms with van der Waals surface area (Å²) in [5.41, 5.74) is 3.66. The highest BCUT2D eigenvalue weighted by molar-refractivity contribution is 5.77. The van der Waals surface area contributed by atoms with E-state index in [0.717, 1.165) is 50.3 Å². The first-order chi connectivity index (χ1) is 15.7. The Labute approximate surface area is 188 Å². The molecule has 1 aromatic heterocycles. The topological polar surface area (TPSA) is 71.7 Å². The fourth-order valence-electron chi connectivity index (χ4n) is 4.72. The van der Waals surface area contributed by atoms with Crippen molar-refractivity contribution >= 4 is 5.91 Å². The second kappa shape index (κ2) is 9.12. The molecule has 0 spiro atoms. The maximum absolute atomic E-state index is 12.9. The maximum atomic E-state index is 12.9. The molecule has 7 heteroatoms. The maximum Gasteiger partial charge on any atom is 0.241 e. The molecule has 7 nitrogen and oxygen atoms in total. The summed E-state index contributed by atoms with van der Waals surface area (Å²) in [5, 5.41) is 4.11. The van der Waals surface area contributed by atoms with Gasteiger partial charge in [0.2, 0.25) is 17.6 Å². The Morgan fingerprint density at radius 2 is 1.88 bits per heavy atom. The third-order valence-electron chi connectivity index (χ3n) is 6.58. The molecule has 2 heterocycles. The van der Waals surface area contributed by atoms with Crippen LogP contribution in [0.5, 0.6) is 5.75 Å². The Hall–Kier alpha value is -3.19. The number of benzene rings is 2. The van der Waals surface area contributed by atoms with Gasteiger partial charge in [-0.15, -0.1) is 0 Å². The minimum Gasteiger partial charge on any atom is -0.497 e. The van der Waals surface area contributed by atoms with E-state index < -0.39 is 0 Å². The van der Waals surface area contributed by atoms with Crippen LogP contribution in [0.25, 0.3) is 11.4 Å². The van der Waals surface area contributed by atoms with Gasteiger partial charge in [0.25, 0.3) is 0 Å². The van der Waals surface area contributed by atoms with Crippen LogP contribution < -0.4 is 4.74 Å². The Bertz CT molecular complexity index is 1070. The number of amides is 1. The third-order valence-corrected chi connectivity index (χ3v) is 6.58. The van der Waals surface area contributed by atoms with Crippen LogP contribution >= 0.6 is 0 Å². The molecule has 3 aromatic rings. The van der Waals surface area contributed by atoms with E-state index in [0.29, 0.717) is 30.6 Å². The van der Waals surface area contributed by atoms with Gasteiger partial charge in [-0.1, -0.05) is 29.4 Å². The van der Waals surface area contributed by atoms with E-state index in [1.54, 1.807) is 7.11 Å². The Morgan fingerprint density at radius 3 is 2.66 bits per heavy atom. The summed E-state index contributed by atoms with van der Waals surface area (Å²) in [6, 6.07) is 16.1. The summed E-state index contributed by atoms with van der Waals surface area (Å²) in [4.78, 5) is 21.7. The highest BCUT2D eigenvalue weighted by Gasteiger charge is 2.28. The summed E-state index contributed by atoms with van der Waals surface area (Å²) < 4.78 is 10.6. The molecule has 1 fully saturated rings. The van der Waals surface area contributed by atoms with Crippen LogP contribution in [0.4, 0.5) is 0 Å². The molecule has 0 radical (unpaired) electrons. The highest BCUT2D eigenvalue weighted by Crippen LogP contribution is 2.35. The molecule has 32 heavy (non-hydrogen) atoms. The molecule has 1 aliphatic heterocycles. The molecule has 166 valence electrons. The zero-order chi connectivity index (χ0) is 21.9. The van der Waals surface area contributed by atoms with Crippen LogP contribution in [-0.4, -0.2) is 59.1 Å². The second-order valence-electron chi connectivity index (χ2n) is 8.54. The van der Waals surface area contributed by atoms with Crippen molar-refractivity contribution in [3.05, 3.63) is 65.5 Å².